The van der Waals surface area contributed by atoms with Crippen LogP contribution in [0.4, 0.5) is 0 Å². The molecular formula is C25H24N6OS. The normalized spacial score (nSPS) is 16.2. The Morgan fingerprint density at radius 1 is 1.06 bits per heavy atom. The molecular weight excluding hydrogens is 432 g/mol. The number of aromatic amines is 1. The zero-order chi connectivity index (χ0) is 22.2. The highest BCUT2D eigenvalue weighted by Crippen LogP contribution is 2.32. The molecule has 4 heterocycles. The number of rotatable bonds is 6. The van der Waals surface area contributed by atoms with Gasteiger partial charge in [-0.1, -0.05) is 42.1 Å². The summed E-state index contributed by atoms with van der Waals surface area (Å²) in [5, 5.41) is 11.2. The van der Waals surface area contributed by atoms with E-state index in [0.717, 1.165) is 75.9 Å². The molecule has 3 aromatic heterocycles. The van der Waals surface area contributed by atoms with Crippen LogP contribution in [-0.2, 0) is 17.0 Å². The summed E-state index contributed by atoms with van der Waals surface area (Å²) in [6.07, 6.45) is 4.37. The van der Waals surface area contributed by atoms with Crippen molar-refractivity contribution >= 4 is 33.7 Å². The molecule has 1 N–H and O–H groups in total. The van der Waals surface area contributed by atoms with Gasteiger partial charge in [0.2, 0.25) is 0 Å². The molecule has 1 unspecified atom stereocenters. The lowest BCUT2D eigenvalue weighted by Gasteiger charge is -2.14. The highest BCUT2D eigenvalue weighted by atomic mass is 32.2. The number of nitrogens with zero attached hydrogens (tertiary/aromatic N) is 5. The minimum Gasteiger partial charge on any atom is -0.376 e. The summed E-state index contributed by atoms with van der Waals surface area (Å²) in [5.74, 6) is 1.55. The van der Waals surface area contributed by atoms with E-state index in [9.17, 15) is 0 Å². The van der Waals surface area contributed by atoms with Gasteiger partial charge in [-0.05, 0) is 38.0 Å². The Bertz CT molecular complexity index is 1440. The van der Waals surface area contributed by atoms with Crippen LogP contribution < -0.4 is 0 Å². The number of para-hydroxylation sites is 3. The molecule has 6 rings (SSSR count). The molecule has 0 aliphatic carbocycles. The van der Waals surface area contributed by atoms with Gasteiger partial charge in [-0.15, -0.1) is 10.2 Å². The standard InChI is InChI=1S/C25H24N6OS/c1-16-23(28-22-11-5-4-10-21(22)27-16)15-33-25-30-29-24(31(25)14-17-7-6-12-32-17)19-13-26-20-9-3-2-8-18(19)20/h2-5,8-11,13,17,26H,6-7,12,14-15H2,1H3. The Kier molecular flexibility index (Phi) is 5.32. The highest BCUT2D eigenvalue weighted by molar-refractivity contribution is 7.98. The lowest BCUT2D eigenvalue weighted by molar-refractivity contribution is 0.0953. The van der Waals surface area contributed by atoms with Crippen LogP contribution in [0.25, 0.3) is 33.3 Å². The molecule has 7 nitrogen and oxygen atoms in total. The van der Waals surface area contributed by atoms with Gasteiger partial charge in [0.1, 0.15) is 0 Å². The molecule has 0 saturated carbocycles. The zero-order valence-electron chi connectivity index (χ0n) is 18.4. The van der Waals surface area contributed by atoms with Crippen molar-refractivity contribution in [1.82, 2.24) is 29.7 Å². The predicted octanol–water partition coefficient (Wildman–Crippen LogP) is 5.15. The van der Waals surface area contributed by atoms with Crippen molar-refractivity contribution in [2.24, 2.45) is 0 Å². The Labute approximate surface area is 195 Å². The van der Waals surface area contributed by atoms with Crippen molar-refractivity contribution in [3.8, 4) is 11.4 Å². The van der Waals surface area contributed by atoms with Crippen LogP contribution in [0.1, 0.15) is 24.2 Å². The number of aromatic nitrogens is 6. The van der Waals surface area contributed by atoms with Gasteiger partial charge in [0.05, 0.1) is 35.1 Å². The first-order valence-corrected chi connectivity index (χ1v) is 12.2. The number of hydrogen-bond acceptors (Lipinski definition) is 6. The Balaban J connectivity index is 1.35. The third-order valence-electron chi connectivity index (χ3n) is 6.14. The van der Waals surface area contributed by atoms with Crippen molar-refractivity contribution < 1.29 is 4.74 Å². The first-order chi connectivity index (χ1) is 16.3. The van der Waals surface area contributed by atoms with Crippen LogP contribution in [-0.4, -0.2) is 42.4 Å². The van der Waals surface area contributed by atoms with Gasteiger partial charge in [-0.2, -0.15) is 0 Å². The molecule has 0 amide bonds. The van der Waals surface area contributed by atoms with Crippen LogP contribution in [0, 0.1) is 6.92 Å². The minimum absolute atomic E-state index is 0.187. The Morgan fingerprint density at radius 2 is 1.88 bits per heavy atom. The van der Waals surface area contributed by atoms with Crippen molar-refractivity contribution in [2.75, 3.05) is 6.61 Å². The first-order valence-electron chi connectivity index (χ1n) is 11.2. The maximum Gasteiger partial charge on any atom is 0.191 e. The number of hydrogen-bond donors (Lipinski definition) is 1. The monoisotopic (exact) mass is 456 g/mol. The number of nitrogens with one attached hydrogen (secondary N) is 1. The minimum atomic E-state index is 0.187. The van der Waals surface area contributed by atoms with E-state index < -0.39 is 0 Å². The third kappa shape index (κ3) is 3.89. The Morgan fingerprint density at radius 3 is 2.73 bits per heavy atom. The lowest BCUT2D eigenvalue weighted by Crippen LogP contribution is -2.16. The Hall–Kier alpha value is -3.23. The summed E-state index contributed by atoms with van der Waals surface area (Å²) in [4.78, 5) is 12.9. The van der Waals surface area contributed by atoms with Crippen LogP contribution in [0.2, 0.25) is 0 Å². The molecule has 166 valence electrons. The molecule has 8 heteroatoms. The molecule has 1 atom stereocenters. The second-order valence-electron chi connectivity index (χ2n) is 8.33. The highest BCUT2D eigenvalue weighted by Gasteiger charge is 2.23. The van der Waals surface area contributed by atoms with Crippen molar-refractivity contribution in [3.63, 3.8) is 0 Å². The van der Waals surface area contributed by atoms with Gasteiger partial charge in [0.25, 0.3) is 0 Å². The fraction of sp³-hybridized carbons (Fsp3) is 0.280. The van der Waals surface area contributed by atoms with E-state index in [4.69, 9.17) is 14.7 Å². The summed E-state index contributed by atoms with van der Waals surface area (Å²) in [5.41, 5.74) is 5.91. The molecule has 0 radical (unpaired) electrons. The fourth-order valence-electron chi connectivity index (χ4n) is 4.40. The lowest BCUT2D eigenvalue weighted by atomic mass is 10.1. The predicted molar refractivity (Wildman–Crippen MR) is 130 cm³/mol. The van der Waals surface area contributed by atoms with Gasteiger partial charge >= 0.3 is 0 Å². The molecule has 1 aliphatic rings. The summed E-state index contributed by atoms with van der Waals surface area (Å²) < 4.78 is 8.16. The summed E-state index contributed by atoms with van der Waals surface area (Å²) in [6, 6.07) is 16.3. The molecule has 2 aromatic carbocycles. The van der Waals surface area contributed by atoms with Crippen LogP contribution in [0.5, 0.6) is 0 Å². The van der Waals surface area contributed by atoms with Gasteiger partial charge in [-0.25, -0.2) is 9.97 Å². The van der Waals surface area contributed by atoms with Gasteiger partial charge in [-0.3, -0.25) is 4.57 Å². The second-order valence-corrected chi connectivity index (χ2v) is 9.28. The van der Waals surface area contributed by atoms with Crippen LogP contribution in [0.3, 0.4) is 0 Å². The molecule has 33 heavy (non-hydrogen) atoms. The van der Waals surface area contributed by atoms with Gasteiger partial charge < -0.3 is 9.72 Å². The third-order valence-corrected chi connectivity index (χ3v) is 7.12. The van der Waals surface area contributed by atoms with Crippen LogP contribution >= 0.6 is 11.8 Å². The maximum atomic E-state index is 5.96. The molecule has 1 fully saturated rings. The number of fused-ring (bicyclic) bond motifs is 2. The van der Waals surface area contributed by atoms with E-state index in [-0.39, 0.29) is 6.10 Å². The van der Waals surface area contributed by atoms with Crippen LogP contribution in [0.15, 0.2) is 59.9 Å². The average molecular weight is 457 g/mol. The van der Waals surface area contributed by atoms with E-state index in [1.54, 1.807) is 11.8 Å². The number of aryl methyl sites for hydroxylation is 1. The van der Waals surface area contributed by atoms with Crippen molar-refractivity contribution in [2.45, 2.75) is 43.3 Å². The SMILES string of the molecule is Cc1nc2ccccc2nc1CSc1nnc(-c2c[nH]c3ccccc23)n1CC1CCCO1. The zero-order valence-corrected chi connectivity index (χ0v) is 19.2. The smallest absolute Gasteiger partial charge is 0.191 e. The number of H-pyrrole nitrogens is 1. The maximum absolute atomic E-state index is 5.96. The second kappa shape index (κ2) is 8.61. The van der Waals surface area contributed by atoms with E-state index in [0.29, 0.717) is 5.75 Å². The number of thioether (sulfide) groups is 1. The van der Waals surface area contributed by atoms with Crippen molar-refractivity contribution in [3.05, 3.63) is 66.1 Å². The molecule has 0 spiro atoms. The van der Waals surface area contributed by atoms with E-state index >= 15 is 0 Å². The van der Waals surface area contributed by atoms with E-state index in [2.05, 4.69) is 37.9 Å². The molecule has 0 bridgehead atoms. The van der Waals surface area contributed by atoms with Gasteiger partial charge in [0, 0.05) is 35.0 Å². The number of benzene rings is 2. The topological polar surface area (TPSA) is 81.5 Å². The largest absolute Gasteiger partial charge is 0.376 e. The van der Waals surface area contributed by atoms with E-state index in [1.807, 2.05) is 43.5 Å². The van der Waals surface area contributed by atoms with E-state index in [1.165, 1.54) is 0 Å². The molecule has 5 aromatic rings. The molecule has 1 saturated heterocycles. The summed E-state index contributed by atoms with van der Waals surface area (Å²) >= 11 is 1.65. The van der Waals surface area contributed by atoms with Gasteiger partial charge in [0.15, 0.2) is 11.0 Å². The average Bonchev–Trinajstić information content (AvgIpc) is 3.58. The molecule has 1 aliphatic heterocycles. The summed E-state index contributed by atoms with van der Waals surface area (Å²) in [7, 11) is 0. The first kappa shape index (κ1) is 20.4. The summed E-state index contributed by atoms with van der Waals surface area (Å²) in [6.45, 7) is 3.58. The fourth-order valence-corrected chi connectivity index (χ4v) is 5.36. The van der Waals surface area contributed by atoms with Crippen molar-refractivity contribution in [1.29, 1.82) is 0 Å². The quantitative estimate of drug-likeness (QED) is 0.356. The number of ether oxygens (including phenoxy) is 1.